The highest BCUT2D eigenvalue weighted by atomic mass is 79.9. The van der Waals surface area contributed by atoms with Gasteiger partial charge in [0.1, 0.15) is 4.83 Å². The third-order valence-electron chi connectivity index (χ3n) is 2.22. The maximum absolute atomic E-state index is 12.0. The summed E-state index contributed by atoms with van der Waals surface area (Å²) in [5.74, 6) is 0.431. The number of alkyl halides is 1. The van der Waals surface area contributed by atoms with Crippen molar-refractivity contribution >= 4 is 37.5 Å². The second kappa shape index (κ2) is 4.45. The standard InChI is InChI=1S/C10H11BrN2OS/c1-7(4-11)5-13-6-12-9-8(10(13)14)2-3-15-9/h2-3,6-7H,4-5H2,1H3. The van der Waals surface area contributed by atoms with Crippen molar-refractivity contribution in [2.75, 3.05) is 5.33 Å². The normalized spacial score (nSPS) is 13.2. The molecule has 2 heterocycles. The van der Waals surface area contributed by atoms with Gasteiger partial charge >= 0.3 is 0 Å². The van der Waals surface area contributed by atoms with Crippen LogP contribution in [-0.4, -0.2) is 14.9 Å². The van der Waals surface area contributed by atoms with E-state index in [1.54, 1.807) is 10.9 Å². The van der Waals surface area contributed by atoms with Gasteiger partial charge in [0.15, 0.2) is 0 Å². The summed E-state index contributed by atoms with van der Waals surface area (Å²) >= 11 is 4.91. The van der Waals surface area contributed by atoms with Crippen molar-refractivity contribution in [1.82, 2.24) is 9.55 Å². The minimum absolute atomic E-state index is 0.0639. The molecule has 0 aliphatic rings. The summed E-state index contributed by atoms with van der Waals surface area (Å²) in [6, 6.07) is 1.84. The first-order valence-electron chi connectivity index (χ1n) is 4.71. The lowest BCUT2D eigenvalue weighted by Gasteiger charge is -2.09. The molecule has 0 saturated heterocycles. The zero-order valence-corrected chi connectivity index (χ0v) is 10.7. The minimum atomic E-state index is 0.0639. The molecule has 0 radical (unpaired) electrons. The number of thiophene rings is 1. The maximum Gasteiger partial charge on any atom is 0.262 e. The van der Waals surface area contributed by atoms with Crippen molar-refractivity contribution in [3.63, 3.8) is 0 Å². The van der Waals surface area contributed by atoms with E-state index in [4.69, 9.17) is 0 Å². The van der Waals surface area contributed by atoms with Gasteiger partial charge in [-0.3, -0.25) is 9.36 Å². The first-order chi connectivity index (χ1) is 7.22. The van der Waals surface area contributed by atoms with Crippen molar-refractivity contribution in [3.8, 4) is 0 Å². The van der Waals surface area contributed by atoms with Gasteiger partial charge in [0.05, 0.1) is 11.7 Å². The Balaban J connectivity index is 2.44. The molecule has 0 amide bonds. The Labute approximate surface area is 99.9 Å². The first kappa shape index (κ1) is 10.8. The molecular weight excluding hydrogens is 276 g/mol. The fraction of sp³-hybridized carbons (Fsp3) is 0.400. The van der Waals surface area contributed by atoms with Crippen molar-refractivity contribution in [2.45, 2.75) is 13.5 Å². The third-order valence-corrected chi connectivity index (χ3v) is 4.15. The van der Waals surface area contributed by atoms with E-state index in [0.717, 1.165) is 15.5 Å². The maximum atomic E-state index is 12.0. The summed E-state index contributed by atoms with van der Waals surface area (Å²) in [4.78, 5) is 17.0. The van der Waals surface area contributed by atoms with Crippen LogP contribution in [0.25, 0.3) is 10.2 Å². The Kier molecular flexibility index (Phi) is 3.21. The van der Waals surface area contributed by atoms with E-state index in [0.29, 0.717) is 12.5 Å². The van der Waals surface area contributed by atoms with Gasteiger partial charge in [-0.05, 0) is 17.4 Å². The molecule has 0 fully saturated rings. The van der Waals surface area contributed by atoms with E-state index >= 15 is 0 Å². The summed E-state index contributed by atoms with van der Waals surface area (Å²) in [6.07, 6.45) is 1.64. The molecule has 1 atom stereocenters. The van der Waals surface area contributed by atoms with Crippen LogP contribution in [0.2, 0.25) is 0 Å². The summed E-state index contributed by atoms with van der Waals surface area (Å²) in [5.41, 5.74) is 0.0639. The molecule has 3 nitrogen and oxygen atoms in total. The molecule has 0 N–H and O–H groups in total. The second-order valence-electron chi connectivity index (χ2n) is 3.60. The van der Waals surface area contributed by atoms with E-state index in [1.165, 1.54) is 11.3 Å². The average molecular weight is 287 g/mol. The Morgan fingerprint density at radius 1 is 1.67 bits per heavy atom. The SMILES string of the molecule is CC(CBr)Cn1cnc2sccc2c1=O. The lowest BCUT2D eigenvalue weighted by molar-refractivity contribution is 0.518. The number of nitrogens with zero attached hydrogens (tertiary/aromatic N) is 2. The Hall–Kier alpha value is -0.680. The van der Waals surface area contributed by atoms with Crippen LogP contribution in [0, 0.1) is 5.92 Å². The van der Waals surface area contributed by atoms with Gasteiger partial charge < -0.3 is 0 Å². The van der Waals surface area contributed by atoms with Crippen LogP contribution in [0.15, 0.2) is 22.6 Å². The van der Waals surface area contributed by atoms with Crippen molar-refractivity contribution in [3.05, 3.63) is 28.1 Å². The molecule has 15 heavy (non-hydrogen) atoms. The van der Waals surface area contributed by atoms with E-state index < -0.39 is 0 Å². The largest absolute Gasteiger partial charge is 0.298 e. The van der Waals surface area contributed by atoms with E-state index in [9.17, 15) is 4.79 Å². The molecule has 2 rings (SSSR count). The Bertz CT molecular complexity index is 519. The van der Waals surface area contributed by atoms with Crippen LogP contribution in [0.4, 0.5) is 0 Å². The fourth-order valence-electron chi connectivity index (χ4n) is 1.41. The van der Waals surface area contributed by atoms with Gasteiger partial charge in [0, 0.05) is 11.9 Å². The number of hydrogen-bond donors (Lipinski definition) is 0. The fourth-order valence-corrected chi connectivity index (χ4v) is 2.34. The van der Waals surface area contributed by atoms with Crippen LogP contribution in [-0.2, 0) is 6.54 Å². The Morgan fingerprint density at radius 2 is 2.47 bits per heavy atom. The van der Waals surface area contributed by atoms with Gasteiger partial charge in [-0.25, -0.2) is 4.98 Å². The lowest BCUT2D eigenvalue weighted by Crippen LogP contribution is -2.23. The molecule has 2 aromatic heterocycles. The quantitative estimate of drug-likeness (QED) is 0.813. The molecule has 0 aliphatic carbocycles. The van der Waals surface area contributed by atoms with E-state index in [1.807, 2.05) is 11.4 Å². The van der Waals surface area contributed by atoms with Crippen molar-refractivity contribution in [1.29, 1.82) is 0 Å². The van der Waals surface area contributed by atoms with Gasteiger partial charge in [0.25, 0.3) is 5.56 Å². The molecule has 5 heteroatoms. The molecular formula is C10H11BrN2OS. The van der Waals surface area contributed by atoms with E-state index in [-0.39, 0.29) is 5.56 Å². The van der Waals surface area contributed by atoms with Crippen molar-refractivity contribution in [2.24, 2.45) is 5.92 Å². The zero-order valence-electron chi connectivity index (χ0n) is 8.31. The molecule has 2 aromatic rings. The Morgan fingerprint density at radius 3 is 3.20 bits per heavy atom. The number of halogens is 1. The highest BCUT2D eigenvalue weighted by Gasteiger charge is 2.07. The third kappa shape index (κ3) is 2.13. The van der Waals surface area contributed by atoms with E-state index in [2.05, 4.69) is 27.8 Å². The van der Waals surface area contributed by atoms with Gasteiger partial charge in [-0.15, -0.1) is 11.3 Å². The number of rotatable bonds is 3. The van der Waals surface area contributed by atoms with Crippen LogP contribution < -0.4 is 5.56 Å². The molecule has 0 aromatic carbocycles. The smallest absolute Gasteiger partial charge is 0.262 e. The number of aromatic nitrogens is 2. The van der Waals surface area contributed by atoms with Crippen LogP contribution in [0.1, 0.15) is 6.92 Å². The first-order valence-corrected chi connectivity index (χ1v) is 6.71. The highest BCUT2D eigenvalue weighted by Crippen LogP contribution is 2.13. The average Bonchev–Trinajstić information content (AvgIpc) is 2.70. The molecule has 0 saturated carbocycles. The highest BCUT2D eigenvalue weighted by molar-refractivity contribution is 9.09. The van der Waals surface area contributed by atoms with Gasteiger partial charge in [0.2, 0.25) is 0 Å². The topological polar surface area (TPSA) is 34.9 Å². The van der Waals surface area contributed by atoms with Gasteiger partial charge in [-0.1, -0.05) is 22.9 Å². The van der Waals surface area contributed by atoms with Crippen LogP contribution >= 0.6 is 27.3 Å². The summed E-state index contributed by atoms with van der Waals surface area (Å²) in [6.45, 7) is 2.81. The van der Waals surface area contributed by atoms with Gasteiger partial charge in [-0.2, -0.15) is 0 Å². The second-order valence-corrected chi connectivity index (χ2v) is 5.14. The monoisotopic (exact) mass is 286 g/mol. The number of fused-ring (bicyclic) bond motifs is 1. The predicted octanol–water partition coefficient (Wildman–Crippen LogP) is 2.49. The lowest BCUT2D eigenvalue weighted by atomic mass is 10.2. The predicted molar refractivity (Wildman–Crippen MR) is 66.8 cm³/mol. The minimum Gasteiger partial charge on any atom is -0.298 e. The summed E-state index contributed by atoms with van der Waals surface area (Å²) < 4.78 is 1.68. The molecule has 0 bridgehead atoms. The molecule has 80 valence electrons. The summed E-state index contributed by atoms with van der Waals surface area (Å²) in [5, 5.41) is 3.52. The van der Waals surface area contributed by atoms with Crippen molar-refractivity contribution < 1.29 is 0 Å². The molecule has 0 spiro atoms. The van der Waals surface area contributed by atoms with Crippen LogP contribution in [0.5, 0.6) is 0 Å². The van der Waals surface area contributed by atoms with Crippen LogP contribution in [0.3, 0.4) is 0 Å². The summed E-state index contributed by atoms with van der Waals surface area (Å²) in [7, 11) is 0. The number of hydrogen-bond acceptors (Lipinski definition) is 3. The molecule has 1 unspecified atom stereocenters. The zero-order chi connectivity index (χ0) is 10.8. The molecule has 0 aliphatic heterocycles.